The van der Waals surface area contributed by atoms with Gasteiger partial charge < -0.3 is 5.73 Å². The molecule has 0 atom stereocenters. The SMILES string of the molecule is NC(=O)c1ccc(NS(=O)(=O)CCCCl)cc1Cl. The summed E-state index contributed by atoms with van der Waals surface area (Å²) in [4.78, 5) is 10.9. The maximum absolute atomic E-state index is 11.6. The van der Waals surface area contributed by atoms with Crippen LogP contribution in [0.5, 0.6) is 0 Å². The molecule has 0 radical (unpaired) electrons. The highest BCUT2D eigenvalue weighted by molar-refractivity contribution is 7.92. The van der Waals surface area contributed by atoms with Crippen LogP contribution in [0.4, 0.5) is 5.69 Å². The number of primary amides is 1. The Hall–Kier alpha value is -0.980. The Morgan fingerprint density at radius 2 is 2.06 bits per heavy atom. The van der Waals surface area contributed by atoms with E-state index in [2.05, 4.69) is 4.72 Å². The van der Waals surface area contributed by atoms with Gasteiger partial charge in [-0.25, -0.2) is 8.42 Å². The number of carbonyl (C=O) groups is 1. The largest absolute Gasteiger partial charge is 0.366 e. The predicted octanol–water partition coefficient (Wildman–Crippen LogP) is 1.81. The van der Waals surface area contributed by atoms with Gasteiger partial charge in [-0.15, -0.1) is 11.6 Å². The molecule has 1 aromatic rings. The Bertz CT molecular complexity index is 546. The van der Waals surface area contributed by atoms with Gasteiger partial charge in [0.05, 0.1) is 16.3 Å². The number of amides is 1. The number of nitrogens with two attached hydrogens (primary N) is 1. The number of sulfonamides is 1. The Morgan fingerprint density at radius 1 is 1.39 bits per heavy atom. The zero-order valence-corrected chi connectivity index (χ0v) is 11.6. The molecule has 18 heavy (non-hydrogen) atoms. The molecule has 0 saturated heterocycles. The van der Waals surface area contributed by atoms with Crippen molar-refractivity contribution in [2.75, 3.05) is 16.4 Å². The summed E-state index contributed by atoms with van der Waals surface area (Å²) in [5, 5.41) is 0.0973. The third-order valence-corrected chi connectivity index (χ3v) is 4.01. The average Bonchev–Trinajstić information content (AvgIpc) is 2.25. The number of benzene rings is 1. The highest BCUT2D eigenvalue weighted by atomic mass is 35.5. The first-order chi connectivity index (χ1) is 8.35. The molecule has 0 heterocycles. The topological polar surface area (TPSA) is 89.3 Å². The summed E-state index contributed by atoms with van der Waals surface area (Å²) in [5.74, 6) is -0.481. The molecule has 0 bridgehead atoms. The van der Waals surface area contributed by atoms with Crippen LogP contribution in [0.1, 0.15) is 16.8 Å². The first-order valence-corrected chi connectivity index (χ1v) is 7.58. The fourth-order valence-corrected chi connectivity index (χ4v) is 2.93. The summed E-state index contributed by atoms with van der Waals surface area (Å²) < 4.78 is 25.5. The van der Waals surface area contributed by atoms with Crippen molar-refractivity contribution in [1.29, 1.82) is 0 Å². The van der Waals surface area contributed by atoms with Crippen molar-refractivity contribution in [2.45, 2.75) is 6.42 Å². The van der Waals surface area contributed by atoms with Crippen LogP contribution in [0.25, 0.3) is 0 Å². The smallest absolute Gasteiger partial charge is 0.250 e. The number of alkyl halides is 1. The second-order valence-corrected chi connectivity index (χ2v) is 6.15. The first-order valence-electron chi connectivity index (χ1n) is 5.01. The van der Waals surface area contributed by atoms with Gasteiger partial charge in [-0.1, -0.05) is 11.6 Å². The molecule has 0 fully saturated rings. The number of hydrogen-bond donors (Lipinski definition) is 2. The quantitative estimate of drug-likeness (QED) is 0.785. The van der Waals surface area contributed by atoms with E-state index < -0.39 is 15.9 Å². The van der Waals surface area contributed by atoms with Crippen LogP contribution < -0.4 is 10.5 Å². The number of halogens is 2. The maximum Gasteiger partial charge on any atom is 0.250 e. The lowest BCUT2D eigenvalue weighted by atomic mass is 10.2. The van der Waals surface area contributed by atoms with E-state index in [-0.39, 0.29) is 27.9 Å². The van der Waals surface area contributed by atoms with E-state index >= 15 is 0 Å². The van der Waals surface area contributed by atoms with Crippen LogP contribution in [-0.2, 0) is 10.0 Å². The Kier molecular flexibility index (Phi) is 5.25. The second kappa shape index (κ2) is 6.26. The molecule has 1 amide bonds. The van der Waals surface area contributed by atoms with E-state index in [4.69, 9.17) is 28.9 Å². The van der Waals surface area contributed by atoms with Crippen molar-refractivity contribution in [3.63, 3.8) is 0 Å². The summed E-state index contributed by atoms with van der Waals surface area (Å²) in [7, 11) is -3.46. The monoisotopic (exact) mass is 310 g/mol. The zero-order chi connectivity index (χ0) is 13.8. The van der Waals surface area contributed by atoms with E-state index in [9.17, 15) is 13.2 Å². The van der Waals surface area contributed by atoms with Crippen LogP contribution in [0.15, 0.2) is 18.2 Å². The van der Waals surface area contributed by atoms with Gasteiger partial charge in [0, 0.05) is 11.6 Å². The van der Waals surface area contributed by atoms with Crippen molar-refractivity contribution in [3.8, 4) is 0 Å². The molecule has 0 aromatic heterocycles. The zero-order valence-electron chi connectivity index (χ0n) is 9.32. The molecule has 0 saturated carbocycles. The van der Waals surface area contributed by atoms with Gasteiger partial charge in [0.25, 0.3) is 0 Å². The molecule has 100 valence electrons. The molecule has 0 aliphatic carbocycles. The lowest BCUT2D eigenvalue weighted by Gasteiger charge is -2.08. The standard InChI is InChI=1S/C10H12Cl2N2O3S/c11-4-1-5-18(16,17)14-7-2-3-8(10(13)15)9(12)6-7/h2-3,6,14H,1,4-5H2,(H2,13,15). The summed E-state index contributed by atoms with van der Waals surface area (Å²) in [6.45, 7) is 0. The molecule has 0 unspecified atom stereocenters. The van der Waals surface area contributed by atoms with Crippen molar-refractivity contribution in [3.05, 3.63) is 28.8 Å². The van der Waals surface area contributed by atoms with Gasteiger partial charge >= 0.3 is 0 Å². The second-order valence-electron chi connectivity index (χ2n) is 3.52. The first kappa shape index (κ1) is 15.1. The Balaban J connectivity index is 2.87. The van der Waals surface area contributed by atoms with Gasteiger partial charge in [-0.3, -0.25) is 9.52 Å². The normalized spacial score (nSPS) is 11.2. The van der Waals surface area contributed by atoms with Gasteiger partial charge in [-0.05, 0) is 24.6 Å². The number of carbonyl (C=O) groups excluding carboxylic acids is 1. The van der Waals surface area contributed by atoms with E-state index in [1.54, 1.807) is 0 Å². The molecule has 8 heteroatoms. The van der Waals surface area contributed by atoms with Crippen LogP contribution in [-0.4, -0.2) is 26.0 Å². The molecular formula is C10H12Cl2N2O3S. The lowest BCUT2D eigenvalue weighted by Crippen LogP contribution is -2.17. The van der Waals surface area contributed by atoms with Crippen LogP contribution in [0.2, 0.25) is 5.02 Å². The number of rotatable bonds is 6. The number of anilines is 1. The van der Waals surface area contributed by atoms with Gasteiger partial charge in [-0.2, -0.15) is 0 Å². The van der Waals surface area contributed by atoms with Gasteiger partial charge in [0.1, 0.15) is 0 Å². The molecule has 3 N–H and O–H groups in total. The van der Waals surface area contributed by atoms with Crippen LogP contribution in [0, 0.1) is 0 Å². The lowest BCUT2D eigenvalue weighted by molar-refractivity contribution is 0.100. The van der Waals surface area contributed by atoms with E-state index in [1.807, 2.05) is 0 Å². The third kappa shape index (κ3) is 4.36. The van der Waals surface area contributed by atoms with Gasteiger partial charge in [0.2, 0.25) is 15.9 Å². The third-order valence-electron chi connectivity index (χ3n) is 2.05. The molecule has 5 nitrogen and oxygen atoms in total. The fourth-order valence-electron chi connectivity index (χ4n) is 1.25. The molecule has 1 rings (SSSR count). The minimum Gasteiger partial charge on any atom is -0.366 e. The number of nitrogens with one attached hydrogen (secondary N) is 1. The van der Waals surface area contributed by atoms with Crippen LogP contribution >= 0.6 is 23.2 Å². The molecule has 1 aromatic carbocycles. The van der Waals surface area contributed by atoms with Crippen molar-refractivity contribution in [1.82, 2.24) is 0 Å². The molecule has 0 spiro atoms. The van der Waals surface area contributed by atoms with E-state index in [0.29, 0.717) is 6.42 Å². The fraction of sp³-hybridized carbons (Fsp3) is 0.300. The molecule has 0 aliphatic rings. The number of hydrogen-bond acceptors (Lipinski definition) is 3. The Labute approximate surface area is 115 Å². The van der Waals surface area contributed by atoms with Crippen molar-refractivity contribution >= 4 is 44.8 Å². The predicted molar refractivity (Wildman–Crippen MR) is 72.7 cm³/mol. The Morgan fingerprint density at radius 3 is 2.56 bits per heavy atom. The highest BCUT2D eigenvalue weighted by Crippen LogP contribution is 2.21. The minimum atomic E-state index is -3.46. The summed E-state index contributed by atoms with van der Waals surface area (Å²) in [6.07, 6.45) is 0.351. The van der Waals surface area contributed by atoms with Gasteiger partial charge in [0.15, 0.2) is 0 Å². The van der Waals surface area contributed by atoms with Crippen LogP contribution in [0.3, 0.4) is 0 Å². The van der Waals surface area contributed by atoms with E-state index in [1.165, 1.54) is 18.2 Å². The molecule has 0 aliphatic heterocycles. The highest BCUT2D eigenvalue weighted by Gasteiger charge is 2.12. The minimum absolute atomic E-state index is 0.0777. The van der Waals surface area contributed by atoms with Crippen molar-refractivity contribution < 1.29 is 13.2 Å². The maximum atomic E-state index is 11.6. The average molecular weight is 311 g/mol. The summed E-state index contributed by atoms with van der Waals surface area (Å²) in [5.41, 5.74) is 5.50. The van der Waals surface area contributed by atoms with E-state index in [0.717, 1.165) is 0 Å². The summed E-state index contributed by atoms with van der Waals surface area (Å²) >= 11 is 11.2. The molecular weight excluding hydrogens is 299 g/mol. The van der Waals surface area contributed by atoms with Crippen molar-refractivity contribution in [2.24, 2.45) is 5.73 Å². The summed E-state index contributed by atoms with van der Waals surface area (Å²) in [6, 6.07) is 4.12.